The van der Waals surface area contributed by atoms with Crippen molar-refractivity contribution >= 4 is 34.4 Å². The Kier molecular flexibility index (Phi) is 8.59. The molecule has 2 aliphatic heterocycles. The number of nitrogens with zero attached hydrogens (tertiary/aromatic N) is 2. The number of benzene rings is 1. The lowest BCUT2D eigenvalue weighted by atomic mass is 9.83. The molecular weight excluding hydrogens is 467 g/mol. The molecule has 1 aliphatic carbocycles. The van der Waals surface area contributed by atoms with E-state index in [-0.39, 0.29) is 41.4 Å². The van der Waals surface area contributed by atoms with E-state index in [2.05, 4.69) is 10.6 Å². The molecule has 9 heteroatoms. The van der Waals surface area contributed by atoms with Crippen LogP contribution >= 0.6 is 11.8 Å². The number of hydrogen-bond donors (Lipinski definition) is 2. The van der Waals surface area contributed by atoms with E-state index in [4.69, 9.17) is 4.99 Å². The van der Waals surface area contributed by atoms with Crippen LogP contribution in [0.2, 0.25) is 0 Å². The Labute approximate surface area is 210 Å². The van der Waals surface area contributed by atoms with Crippen molar-refractivity contribution in [2.45, 2.75) is 76.0 Å². The van der Waals surface area contributed by atoms with E-state index in [9.17, 15) is 18.8 Å². The number of aliphatic imine (C=N–C) groups is 1. The van der Waals surface area contributed by atoms with Crippen LogP contribution in [0.1, 0.15) is 62.2 Å². The maximum absolute atomic E-state index is 13.9. The molecule has 0 bridgehead atoms. The van der Waals surface area contributed by atoms with Crippen LogP contribution in [0.15, 0.2) is 29.3 Å². The number of amides is 2. The molecule has 1 saturated carbocycles. The van der Waals surface area contributed by atoms with E-state index in [1.165, 1.54) is 42.4 Å². The molecule has 7 nitrogen and oxygen atoms in total. The number of likely N-dealkylation sites (N-methyl/N-ethyl adjacent to an activating group) is 1. The first-order valence-corrected chi connectivity index (χ1v) is 13.7. The molecule has 0 spiro atoms. The number of hydrogen-bond acceptors (Lipinski definition) is 6. The van der Waals surface area contributed by atoms with Gasteiger partial charge >= 0.3 is 0 Å². The highest BCUT2D eigenvalue weighted by molar-refractivity contribution is 8.14. The highest BCUT2D eigenvalue weighted by atomic mass is 32.2. The van der Waals surface area contributed by atoms with E-state index in [1.54, 1.807) is 14.0 Å². The highest BCUT2D eigenvalue weighted by Crippen LogP contribution is 2.33. The van der Waals surface area contributed by atoms with E-state index < -0.39 is 12.1 Å². The zero-order valence-electron chi connectivity index (χ0n) is 20.5. The molecule has 4 rings (SSSR count). The number of carbonyl (C=O) groups is 3. The fourth-order valence-electron chi connectivity index (χ4n) is 5.24. The standard InChI is InChI=1S/C26H35FN4O3S/c1-16(28-2)24(33)30-22(17-7-4-3-5-8-17)26(34)31-14-6-9-21(31)25-29-20(15-35-25)23(32)18-10-12-19(27)13-11-18/h10-13,16-17,20-22,28H,3-9,14-15H2,1-2H3,(H,30,33)/t16-,20?,21?,22?/m0/s1. The van der Waals surface area contributed by atoms with Crippen molar-refractivity contribution in [2.75, 3.05) is 19.3 Å². The summed E-state index contributed by atoms with van der Waals surface area (Å²) in [5.74, 6) is -0.0481. The highest BCUT2D eigenvalue weighted by Gasteiger charge is 2.42. The third kappa shape index (κ3) is 5.94. The molecule has 0 aromatic heterocycles. The van der Waals surface area contributed by atoms with Crippen LogP contribution < -0.4 is 10.6 Å². The maximum Gasteiger partial charge on any atom is 0.246 e. The molecule has 2 N–H and O–H groups in total. The van der Waals surface area contributed by atoms with Crippen molar-refractivity contribution in [3.63, 3.8) is 0 Å². The minimum atomic E-state index is -0.539. The minimum absolute atomic E-state index is 0.0346. The first-order valence-electron chi connectivity index (χ1n) is 12.7. The number of ketones is 1. The summed E-state index contributed by atoms with van der Waals surface area (Å²) in [5.41, 5.74) is 0.445. The van der Waals surface area contributed by atoms with Gasteiger partial charge in [0.1, 0.15) is 17.9 Å². The predicted octanol–water partition coefficient (Wildman–Crippen LogP) is 3.19. The lowest BCUT2D eigenvalue weighted by Crippen LogP contribution is -2.57. The molecule has 1 aromatic carbocycles. The van der Waals surface area contributed by atoms with Crippen LogP contribution in [0.4, 0.5) is 4.39 Å². The van der Waals surface area contributed by atoms with Crippen LogP contribution in [-0.2, 0) is 9.59 Å². The average molecular weight is 503 g/mol. The second-order valence-electron chi connectivity index (χ2n) is 9.75. The Morgan fingerprint density at radius 3 is 2.49 bits per heavy atom. The number of Topliss-reactive ketones (excluding diaryl/α,β-unsaturated/α-hetero) is 1. The van der Waals surface area contributed by atoms with Gasteiger partial charge in [-0.25, -0.2) is 4.39 Å². The molecule has 4 atom stereocenters. The lowest BCUT2D eigenvalue weighted by molar-refractivity contribution is -0.138. The molecule has 3 aliphatic rings. The van der Waals surface area contributed by atoms with Gasteiger partial charge in [-0.05, 0) is 69.8 Å². The SMILES string of the molecule is CN[C@@H](C)C(=O)NC(C(=O)N1CCCC1C1=NC(C(=O)c2ccc(F)cc2)CS1)C1CCCCC1. The fourth-order valence-corrected chi connectivity index (χ4v) is 6.43. The number of halogens is 1. The van der Waals surface area contributed by atoms with Crippen LogP contribution in [0.5, 0.6) is 0 Å². The number of rotatable bonds is 8. The molecule has 2 amide bonds. The molecule has 3 unspecified atom stereocenters. The van der Waals surface area contributed by atoms with E-state index in [0.29, 0.717) is 17.9 Å². The third-order valence-electron chi connectivity index (χ3n) is 7.44. The fraction of sp³-hybridized carbons (Fsp3) is 0.615. The zero-order chi connectivity index (χ0) is 24.9. The van der Waals surface area contributed by atoms with E-state index in [1.807, 2.05) is 4.90 Å². The van der Waals surface area contributed by atoms with Gasteiger partial charge in [0, 0.05) is 17.9 Å². The zero-order valence-corrected chi connectivity index (χ0v) is 21.3. The van der Waals surface area contributed by atoms with Gasteiger partial charge in [-0.15, -0.1) is 11.8 Å². The maximum atomic E-state index is 13.9. The topological polar surface area (TPSA) is 90.9 Å². The Morgan fingerprint density at radius 2 is 1.80 bits per heavy atom. The molecule has 35 heavy (non-hydrogen) atoms. The molecule has 1 saturated heterocycles. The van der Waals surface area contributed by atoms with E-state index in [0.717, 1.165) is 43.6 Å². The van der Waals surface area contributed by atoms with Gasteiger partial charge in [0.25, 0.3) is 0 Å². The third-order valence-corrected chi connectivity index (χ3v) is 8.59. The summed E-state index contributed by atoms with van der Waals surface area (Å²) in [6, 6.07) is 3.94. The first kappa shape index (κ1) is 25.8. The summed E-state index contributed by atoms with van der Waals surface area (Å²) in [7, 11) is 1.73. The van der Waals surface area contributed by atoms with Crippen molar-refractivity contribution < 1.29 is 18.8 Å². The van der Waals surface area contributed by atoms with Gasteiger partial charge in [0.05, 0.1) is 17.1 Å². The van der Waals surface area contributed by atoms with Crippen LogP contribution in [-0.4, -0.2) is 71.1 Å². The summed E-state index contributed by atoms with van der Waals surface area (Å²) in [5, 5.41) is 6.82. The smallest absolute Gasteiger partial charge is 0.246 e. The molecule has 0 radical (unpaired) electrons. The summed E-state index contributed by atoms with van der Waals surface area (Å²) in [4.78, 5) is 46.1. The average Bonchev–Trinajstić information content (AvgIpc) is 3.56. The largest absolute Gasteiger partial charge is 0.343 e. The second-order valence-corrected chi connectivity index (χ2v) is 10.8. The van der Waals surface area contributed by atoms with Crippen molar-refractivity contribution in [1.29, 1.82) is 0 Å². The number of thioether (sulfide) groups is 1. The predicted molar refractivity (Wildman–Crippen MR) is 136 cm³/mol. The van der Waals surface area contributed by atoms with Gasteiger partial charge in [-0.1, -0.05) is 19.3 Å². The molecule has 1 aromatic rings. The van der Waals surface area contributed by atoms with Gasteiger partial charge in [0.2, 0.25) is 11.8 Å². The van der Waals surface area contributed by atoms with Crippen molar-refractivity contribution in [2.24, 2.45) is 10.9 Å². The molecule has 190 valence electrons. The Morgan fingerprint density at radius 1 is 1.09 bits per heavy atom. The molecular formula is C26H35FN4O3S. The normalized spacial score (nSPS) is 24.7. The van der Waals surface area contributed by atoms with E-state index >= 15 is 0 Å². The van der Waals surface area contributed by atoms with Crippen molar-refractivity contribution in [3.8, 4) is 0 Å². The lowest BCUT2D eigenvalue weighted by Gasteiger charge is -2.35. The van der Waals surface area contributed by atoms with Crippen molar-refractivity contribution in [3.05, 3.63) is 35.6 Å². The Balaban J connectivity index is 1.50. The summed E-state index contributed by atoms with van der Waals surface area (Å²) >= 11 is 1.53. The van der Waals surface area contributed by atoms with Crippen LogP contribution in [0, 0.1) is 11.7 Å². The monoisotopic (exact) mass is 502 g/mol. The first-order chi connectivity index (χ1) is 16.9. The number of carbonyl (C=O) groups excluding carboxylic acids is 3. The summed E-state index contributed by atoms with van der Waals surface area (Å²) < 4.78 is 13.2. The van der Waals surface area contributed by atoms with Crippen molar-refractivity contribution in [1.82, 2.24) is 15.5 Å². The van der Waals surface area contributed by atoms with Crippen LogP contribution in [0.3, 0.4) is 0 Å². The Bertz CT molecular complexity index is 964. The quantitative estimate of drug-likeness (QED) is 0.533. The van der Waals surface area contributed by atoms with Gasteiger partial charge in [-0.2, -0.15) is 0 Å². The van der Waals surface area contributed by atoms with Gasteiger partial charge in [-0.3, -0.25) is 19.4 Å². The second kappa shape index (κ2) is 11.6. The molecule has 2 fully saturated rings. The van der Waals surface area contributed by atoms with Gasteiger partial charge < -0.3 is 15.5 Å². The summed E-state index contributed by atoms with van der Waals surface area (Å²) in [6.45, 7) is 2.42. The van der Waals surface area contributed by atoms with Gasteiger partial charge in [0.15, 0.2) is 5.78 Å². The Hall–Kier alpha value is -2.26. The minimum Gasteiger partial charge on any atom is -0.343 e. The number of likely N-dealkylation sites (tertiary alicyclic amines) is 1. The molecule has 2 heterocycles. The van der Waals surface area contributed by atoms with Crippen LogP contribution in [0.25, 0.3) is 0 Å². The number of nitrogens with one attached hydrogen (secondary N) is 2. The summed E-state index contributed by atoms with van der Waals surface area (Å²) in [6.07, 6.45) is 6.86.